The van der Waals surface area contributed by atoms with Crippen molar-refractivity contribution in [1.29, 1.82) is 0 Å². The molecule has 5 nitrogen and oxygen atoms in total. The summed E-state index contributed by atoms with van der Waals surface area (Å²) in [4.78, 5) is 25.7. The van der Waals surface area contributed by atoms with Crippen LogP contribution in [0.5, 0.6) is 5.75 Å². The summed E-state index contributed by atoms with van der Waals surface area (Å²) < 4.78 is 10.8. The van der Waals surface area contributed by atoms with E-state index in [2.05, 4.69) is 0 Å². The van der Waals surface area contributed by atoms with Crippen LogP contribution >= 0.6 is 11.6 Å². The molecule has 1 aromatic heterocycles. The maximum absolute atomic E-state index is 12.5. The Labute approximate surface area is 162 Å². The van der Waals surface area contributed by atoms with Gasteiger partial charge in [0.05, 0.1) is 11.1 Å². The summed E-state index contributed by atoms with van der Waals surface area (Å²) in [6.07, 6.45) is 0. The summed E-state index contributed by atoms with van der Waals surface area (Å²) >= 11 is 6.27. The Morgan fingerprint density at radius 1 is 1.22 bits per heavy atom. The quantitative estimate of drug-likeness (QED) is 0.612. The molecule has 0 unspecified atom stereocenters. The first-order valence-corrected chi connectivity index (χ1v) is 8.92. The van der Waals surface area contributed by atoms with Gasteiger partial charge in [-0.25, -0.2) is 4.79 Å². The zero-order chi connectivity index (χ0) is 19.6. The van der Waals surface area contributed by atoms with Gasteiger partial charge in [0.1, 0.15) is 11.3 Å². The van der Waals surface area contributed by atoms with Gasteiger partial charge in [-0.2, -0.15) is 0 Å². The van der Waals surface area contributed by atoms with E-state index in [1.165, 1.54) is 6.07 Å². The van der Waals surface area contributed by atoms with Crippen LogP contribution in [0.1, 0.15) is 24.1 Å². The summed E-state index contributed by atoms with van der Waals surface area (Å²) in [7, 11) is 1.73. The van der Waals surface area contributed by atoms with Crippen molar-refractivity contribution < 1.29 is 13.9 Å². The number of aryl methyl sites for hydroxylation is 1. The van der Waals surface area contributed by atoms with Crippen molar-refractivity contribution in [2.45, 2.75) is 19.9 Å². The molecule has 1 heterocycles. The molecule has 0 fully saturated rings. The number of nitrogens with zero attached hydrogens (tertiary/aromatic N) is 1. The minimum atomic E-state index is -0.444. The number of ether oxygens (including phenoxy) is 1. The third-order valence-corrected chi connectivity index (χ3v) is 4.91. The van der Waals surface area contributed by atoms with Gasteiger partial charge in [-0.15, -0.1) is 0 Å². The van der Waals surface area contributed by atoms with Crippen LogP contribution in [0.25, 0.3) is 11.0 Å². The molecule has 140 valence electrons. The standard InChI is InChI=1S/C21H20ClNO4/c1-13-9-21(25)27-18-11-19(17(22)10-16(13)18)26-12-20(24)23(3)14(2)15-7-5-4-6-8-15/h4-11,14H,12H2,1-3H3/t14-/m0/s1. The molecule has 0 aliphatic rings. The van der Waals surface area contributed by atoms with E-state index in [0.29, 0.717) is 16.4 Å². The summed E-state index contributed by atoms with van der Waals surface area (Å²) in [5.74, 6) is 0.111. The lowest BCUT2D eigenvalue weighted by molar-refractivity contribution is -0.134. The average molecular weight is 386 g/mol. The fourth-order valence-electron chi connectivity index (χ4n) is 2.84. The lowest BCUT2D eigenvalue weighted by Gasteiger charge is -2.25. The van der Waals surface area contributed by atoms with E-state index < -0.39 is 5.63 Å². The normalized spacial score (nSPS) is 12.0. The molecule has 1 amide bonds. The van der Waals surface area contributed by atoms with Crippen molar-refractivity contribution >= 4 is 28.5 Å². The van der Waals surface area contributed by atoms with Crippen LogP contribution in [0.3, 0.4) is 0 Å². The zero-order valence-electron chi connectivity index (χ0n) is 15.4. The number of fused-ring (bicyclic) bond motifs is 1. The second kappa shape index (κ2) is 7.84. The number of halogens is 1. The third kappa shape index (κ3) is 4.14. The molecule has 0 saturated carbocycles. The first-order valence-electron chi connectivity index (χ1n) is 8.54. The lowest BCUT2D eigenvalue weighted by atomic mass is 10.1. The Balaban J connectivity index is 1.75. The van der Waals surface area contributed by atoms with E-state index in [-0.39, 0.29) is 18.6 Å². The van der Waals surface area contributed by atoms with Gasteiger partial charge in [0.25, 0.3) is 5.91 Å². The van der Waals surface area contributed by atoms with Gasteiger partial charge in [-0.1, -0.05) is 41.9 Å². The molecule has 0 spiro atoms. The van der Waals surface area contributed by atoms with Crippen molar-refractivity contribution in [3.05, 3.63) is 75.1 Å². The largest absolute Gasteiger partial charge is 0.482 e. The van der Waals surface area contributed by atoms with Crippen LogP contribution < -0.4 is 10.4 Å². The number of rotatable bonds is 5. The van der Waals surface area contributed by atoms with E-state index in [1.54, 1.807) is 31.0 Å². The van der Waals surface area contributed by atoms with Crippen LogP contribution in [0.2, 0.25) is 5.02 Å². The van der Waals surface area contributed by atoms with E-state index in [9.17, 15) is 9.59 Å². The molecule has 6 heteroatoms. The monoisotopic (exact) mass is 385 g/mol. The van der Waals surface area contributed by atoms with E-state index >= 15 is 0 Å². The Bertz CT molecular complexity index is 1030. The molecule has 0 saturated heterocycles. The van der Waals surface area contributed by atoms with Crippen molar-refractivity contribution in [3.63, 3.8) is 0 Å². The van der Waals surface area contributed by atoms with Gasteiger partial charge < -0.3 is 14.1 Å². The Kier molecular flexibility index (Phi) is 5.51. The Morgan fingerprint density at radius 2 is 1.93 bits per heavy atom. The Hall–Kier alpha value is -2.79. The first-order chi connectivity index (χ1) is 12.9. The minimum Gasteiger partial charge on any atom is -0.482 e. The molecule has 1 atom stereocenters. The van der Waals surface area contributed by atoms with Gasteiger partial charge in [0, 0.05) is 24.6 Å². The molecule has 0 bridgehead atoms. The topological polar surface area (TPSA) is 59.8 Å². The molecule has 3 rings (SSSR count). The van der Waals surface area contributed by atoms with E-state index in [4.69, 9.17) is 20.8 Å². The molecule has 0 radical (unpaired) electrons. The zero-order valence-corrected chi connectivity index (χ0v) is 16.1. The molecule has 0 N–H and O–H groups in total. The highest BCUT2D eigenvalue weighted by molar-refractivity contribution is 6.32. The number of benzene rings is 2. The highest BCUT2D eigenvalue weighted by Crippen LogP contribution is 2.31. The number of carbonyl (C=O) groups is 1. The van der Waals surface area contributed by atoms with Gasteiger partial charge in [0.15, 0.2) is 6.61 Å². The highest BCUT2D eigenvalue weighted by Gasteiger charge is 2.18. The van der Waals surface area contributed by atoms with Crippen LogP contribution in [-0.2, 0) is 4.79 Å². The van der Waals surface area contributed by atoms with Crippen LogP contribution in [0.15, 0.2) is 57.7 Å². The number of carbonyl (C=O) groups excluding carboxylic acids is 1. The lowest BCUT2D eigenvalue weighted by Crippen LogP contribution is -2.33. The van der Waals surface area contributed by atoms with Crippen molar-refractivity contribution in [3.8, 4) is 5.75 Å². The second-order valence-corrected chi connectivity index (χ2v) is 6.81. The average Bonchev–Trinajstić information content (AvgIpc) is 2.66. The smallest absolute Gasteiger partial charge is 0.336 e. The van der Waals surface area contributed by atoms with Crippen molar-refractivity contribution in [2.24, 2.45) is 0 Å². The van der Waals surface area contributed by atoms with E-state index in [0.717, 1.165) is 16.5 Å². The van der Waals surface area contributed by atoms with Gasteiger partial charge in [-0.05, 0) is 31.0 Å². The van der Waals surface area contributed by atoms with E-state index in [1.807, 2.05) is 37.3 Å². The van der Waals surface area contributed by atoms with Crippen LogP contribution in [-0.4, -0.2) is 24.5 Å². The van der Waals surface area contributed by atoms with Gasteiger partial charge >= 0.3 is 5.63 Å². The predicted molar refractivity (Wildman–Crippen MR) is 105 cm³/mol. The van der Waals surface area contributed by atoms with Crippen LogP contribution in [0, 0.1) is 6.92 Å². The SMILES string of the molecule is Cc1cc(=O)oc2cc(OCC(=O)N(C)[C@@H](C)c3ccccc3)c(Cl)cc12. The molecular weight excluding hydrogens is 366 g/mol. The van der Waals surface area contributed by atoms with Crippen molar-refractivity contribution in [1.82, 2.24) is 4.90 Å². The number of hydrogen-bond acceptors (Lipinski definition) is 4. The Morgan fingerprint density at radius 3 is 2.63 bits per heavy atom. The third-order valence-electron chi connectivity index (χ3n) is 4.61. The molecule has 0 aliphatic heterocycles. The molecular formula is C21H20ClNO4. The highest BCUT2D eigenvalue weighted by atomic mass is 35.5. The molecule has 2 aromatic carbocycles. The fraction of sp³-hybridized carbons (Fsp3) is 0.238. The number of amides is 1. The number of likely N-dealkylation sites (N-methyl/N-ethyl adjacent to an activating group) is 1. The van der Waals surface area contributed by atoms with Crippen LogP contribution in [0.4, 0.5) is 0 Å². The minimum absolute atomic E-state index is 0.0879. The summed E-state index contributed by atoms with van der Waals surface area (Å²) in [6, 6.07) is 14.3. The van der Waals surface area contributed by atoms with Gasteiger partial charge in [0.2, 0.25) is 0 Å². The first kappa shape index (κ1) is 19.0. The summed E-state index contributed by atoms with van der Waals surface area (Å²) in [5, 5.41) is 1.08. The predicted octanol–water partition coefficient (Wildman–Crippen LogP) is 4.35. The molecule has 27 heavy (non-hydrogen) atoms. The fourth-order valence-corrected chi connectivity index (χ4v) is 3.06. The maximum atomic E-state index is 12.5. The molecule has 3 aromatic rings. The number of hydrogen-bond donors (Lipinski definition) is 0. The van der Waals surface area contributed by atoms with Crippen molar-refractivity contribution in [2.75, 3.05) is 13.7 Å². The second-order valence-electron chi connectivity index (χ2n) is 6.41. The van der Waals surface area contributed by atoms with Gasteiger partial charge in [-0.3, -0.25) is 4.79 Å². The summed E-state index contributed by atoms with van der Waals surface area (Å²) in [6.45, 7) is 3.59. The summed E-state index contributed by atoms with van der Waals surface area (Å²) in [5.41, 5.74) is 1.73. The molecule has 0 aliphatic carbocycles. The maximum Gasteiger partial charge on any atom is 0.336 e.